The zero-order chi connectivity index (χ0) is 11.8. The standard InChI is InChI=1S/C13H18N2O/c1-3-5-10-16-12-8-6-11(7-9-12)13(4-2)15-14/h2,6-9,13,15H,3,5,10,14H2,1H3. The second-order valence-corrected chi connectivity index (χ2v) is 3.54. The van der Waals surface area contributed by atoms with Gasteiger partial charge >= 0.3 is 0 Å². The lowest BCUT2D eigenvalue weighted by molar-refractivity contribution is 0.309. The Labute approximate surface area is 97.0 Å². The van der Waals surface area contributed by atoms with E-state index < -0.39 is 0 Å². The number of hydrogen-bond donors (Lipinski definition) is 2. The molecule has 3 nitrogen and oxygen atoms in total. The molecule has 0 heterocycles. The first-order valence-electron chi connectivity index (χ1n) is 5.46. The van der Waals surface area contributed by atoms with E-state index in [-0.39, 0.29) is 6.04 Å². The van der Waals surface area contributed by atoms with Gasteiger partial charge in [-0.2, -0.15) is 0 Å². The number of unbranched alkanes of at least 4 members (excludes halogenated alkanes) is 1. The Bertz CT molecular complexity index is 340. The van der Waals surface area contributed by atoms with Crippen LogP contribution in [0.3, 0.4) is 0 Å². The number of nitrogens with one attached hydrogen (secondary N) is 1. The van der Waals surface area contributed by atoms with Crippen LogP contribution in [0.5, 0.6) is 5.75 Å². The zero-order valence-corrected chi connectivity index (χ0v) is 9.57. The fraction of sp³-hybridized carbons (Fsp3) is 0.385. The van der Waals surface area contributed by atoms with Crippen molar-refractivity contribution in [2.75, 3.05) is 6.61 Å². The highest BCUT2D eigenvalue weighted by molar-refractivity contribution is 5.32. The van der Waals surface area contributed by atoms with Crippen LogP contribution in [0.15, 0.2) is 24.3 Å². The van der Waals surface area contributed by atoms with Crippen LogP contribution in [-0.2, 0) is 0 Å². The summed E-state index contributed by atoms with van der Waals surface area (Å²) in [5.41, 5.74) is 3.53. The van der Waals surface area contributed by atoms with Gasteiger partial charge < -0.3 is 4.74 Å². The summed E-state index contributed by atoms with van der Waals surface area (Å²) < 4.78 is 5.55. The molecule has 1 aromatic carbocycles. The van der Waals surface area contributed by atoms with E-state index in [1.54, 1.807) is 0 Å². The van der Waals surface area contributed by atoms with Gasteiger partial charge in [0.15, 0.2) is 0 Å². The Morgan fingerprint density at radius 1 is 1.44 bits per heavy atom. The van der Waals surface area contributed by atoms with Crippen molar-refractivity contribution in [2.24, 2.45) is 5.84 Å². The highest BCUT2D eigenvalue weighted by Crippen LogP contribution is 2.17. The molecule has 0 aliphatic rings. The van der Waals surface area contributed by atoms with Crippen molar-refractivity contribution in [3.05, 3.63) is 29.8 Å². The molecular formula is C13H18N2O. The Hall–Kier alpha value is -1.50. The normalized spacial score (nSPS) is 11.8. The average Bonchev–Trinajstić information content (AvgIpc) is 2.33. The van der Waals surface area contributed by atoms with Gasteiger partial charge in [-0.05, 0) is 24.1 Å². The fourth-order valence-corrected chi connectivity index (χ4v) is 1.33. The summed E-state index contributed by atoms with van der Waals surface area (Å²) >= 11 is 0. The molecule has 0 radical (unpaired) electrons. The molecule has 0 bridgehead atoms. The lowest BCUT2D eigenvalue weighted by atomic mass is 10.1. The van der Waals surface area contributed by atoms with Crippen molar-refractivity contribution < 1.29 is 4.74 Å². The van der Waals surface area contributed by atoms with Crippen LogP contribution in [0.25, 0.3) is 0 Å². The zero-order valence-electron chi connectivity index (χ0n) is 9.57. The molecule has 0 aliphatic carbocycles. The van der Waals surface area contributed by atoms with Gasteiger partial charge in [-0.25, -0.2) is 5.43 Å². The molecule has 1 unspecified atom stereocenters. The highest BCUT2D eigenvalue weighted by atomic mass is 16.5. The van der Waals surface area contributed by atoms with Gasteiger partial charge in [0.2, 0.25) is 0 Å². The molecule has 3 N–H and O–H groups in total. The minimum absolute atomic E-state index is 0.246. The van der Waals surface area contributed by atoms with Crippen LogP contribution in [0.2, 0.25) is 0 Å². The van der Waals surface area contributed by atoms with E-state index >= 15 is 0 Å². The van der Waals surface area contributed by atoms with Crippen LogP contribution in [-0.4, -0.2) is 6.61 Å². The van der Waals surface area contributed by atoms with Gasteiger partial charge in [0.25, 0.3) is 0 Å². The Morgan fingerprint density at radius 2 is 2.12 bits per heavy atom. The van der Waals surface area contributed by atoms with Crippen molar-refractivity contribution >= 4 is 0 Å². The SMILES string of the molecule is C#CC(NN)c1ccc(OCCCC)cc1. The second kappa shape index (κ2) is 6.89. The average molecular weight is 218 g/mol. The predicted octanol–water partition coefficient (Wildman–Crippen LogP) is 2.00. The van der Waals surface area contributed by atoms with Crippen molar-refractivity contribution in [3.63, 3.8) is 0 Å². The van der Waals surface area contributed by atoms with Crippen LogP contribution in [0.1, 0.15) is 31.4 Å². The van der Waals surface area contributed by atoms with Crippen molar-refractivity contribution in [3.8, 4) is 18.1 Å². The number of hydrazine groups is 1. The molecule has 1 aromatic rings. The van der Waals surface area contributed by atoms with Gasteiger partial charge in [0, 0.05) is 0 Å². The first-order valence-corrected chi connectivity index (χ1v) is 5.46. The molecule has 0 saturated carbocycles. The Kier molecular flexibility index (Phi) is 5.41. The number of rotatable bonds is 6. The van der Waals surface area contributed by atoms with Crippen molar-refractivity contribution in [2.45, 2.75) is 25.8 Å². The van der Waals surface area contributed by atoms with E-state index in [0.29, 0.717) is 0 Å². The predicted molar refractivity (Wildman–Crippen MR) is 65.7 cm³/mol. The third-order valence-corrected chi connectivity index (χ3v) is 2.31. The lowest BCUT2D eigenvalue weighted by Gasteiger charge is -2.10. The third-order valence-electron chi connectivity index (χ3n) is 2.31. The molecule has 86 valence electrons. The first kappa shape index (κ1) is 12.6. The molecule has 0 saturated heterocycles. The van der Waals surface area contributed by atoms with E-state index in [4.69, 9.17) is 17.0 Å². The molecular weight excluding hydrogens is 200 g/mol. The number of benzene rings is 1. The van der Waals surface area contributed by atoms with E-state index in [1.807, 2.05) is 24.3 Å². The van der Waals surface area contributed by atoms with E-state index in [2.05, 4.69) is 18.3 Å². The van der Waals surface area contributed by atoms with Gasteiger partial charge in [0.1, 0.15) is 11.8 Å². The van der Waals surface area contributed by atoms with Crippen molar-refractivity contribution in [1.82, 2.24) is 5.43 Å². The van der Waals surface area contributed by atoms with Crippen LogP contribution >= 0.6 is 0 Å². The molecule has 16 heavy (non-hydrogen) atoms. The molecule has 1 atom stereocenters. The highest BCUT2D eigenvalue weighted by Gasteiger charge is 2.04. The Morgan fingerprint density at radius 3 is 2.62 bits per heavy atom. The van der Waals surface area contributed by atoms with E-state index in [1.165, 1.54) is 0 Å². The van der Waals surface area contributed by atoms with Crippen LogP contribution in [0.4, 0.5) is 0 Å². The minimum Gasteiger partial charge on any atom is -0.494 e. The second-order valence-electron chi connectivity index (χ2n) is 3.54. The summed E-state index contributed by atoms with van der Waals surface area (Å²) in [6.07, 6.45) is 7.53. The van der Waals surface area contributed by atoms with Gasteiger partial charge in [0.05, 0.1) is 6.61 Å². The smallest absolute Gasteiger partial charge is 0.119 e. The van der Waals surface area contributed by atoms with Crippen molar-refractivity contribution in [1.29, 1.82) is 0 Å². The van der Waals surface area contributed by atoms with Crippen LogP contribution < -0.4 is 16.0 Å². The maximum absolute atomic E-state index is 5.55. The largest absolute Gasteiger partial charge is 0.494 e. The molecule has 0 amide bonds. The number of hydrogen-bond acceptors (Lipinski definition) is 3. The van der Waals surface area contributed by atoms with Gasteiger partial charge in [-0.3, -0.25) is 5.84 Å². The quantitative estimate of drug-likeness (QED) is 0.332. The van der Waals surface area contributed by atoms with E-state index in [0.717, 1.165) is 30.8 Å². The van der Waals surface area contributed by atoms with E-state index in [9.17, 15) is 0 Å². The monoisotopic (exact) mass is 218 g/mol. The van der Waals surface area contributed by atoms with Crippen LogP contribution in [0, 0.1) is 12.3 Å². The Balaban J connectivity index is 2.57. The summed E-state index contributed by atoms with van der Waals surface area (Å²) in [4.78, 5) is 0. The topological polar surface area (TPSA) is 47.3 Å². The summed E-state index contributed by atoms with van der Waals surface area (Å²) in [7, 11) is 0. The number of nitrogens with two attached hydrogens (primary N) is 1. The third kappa shape index (κ3) is 3.58. The van der Waals surface area contributed by atoms with Gasteiger partial charge in [-0.15, -0.1) is 6.42 Å². The lowest BCUT2D eigenvalue weighted by Crippen LogP contribution is -2.26. The summed E-state index contributed by atoms with van der Waals surface area (Å²) in [5, 5.41) is 0. The molecule has 0 spiro atoms. The molecule has 0 aromatic heterocycles. The summed E-state index contributed by atoms with van der Waals surface area (Å²) in [6, 6.07) is 7.42. The summed E-state index contributed by atoms with van der Waals surface area (Å²) in [5.74, 6) is 8.76. The molecule has 3 heteroatoms. The summed E-state index contributed by atoms with van der Waals surface area (Å²) in [6.45, 7) is 2.89. The molecule has 0 fully saturated rings. The number of terminal acetylenes is 1. The molecule has 1 rings (SSSR count). The fourth-order valence-electron chi connectivity index (χ4n) is 1.33. The van der Waals surface area contributed by atoms with Gasteiger partial charge in [-0.1, -0.05) is 31.4 Å². The molecule has 0 aliphatic heterocycles. The maximum atomic E-state index is 5.55. The number of ether oxygens (including phenoxy) is 1. The minimum atomic E-state index is -0.246. The maximum Gasteiger partial charge on any atom is 0.119 e. The first-order chi connectivity index (χ1) is 7.81.